The van der Waals surface area contributed by atoms with Crippen molar-refractivity contribution in [1.29, 1.82) is 0 Å². The molecule has 166 valence electrons. The van der Waals surface area contributed by atoms with Crippen LogP contribution in [0.2, 0.25) is 0 Å². The van der Waals surface area contributed by atoms with Crippen LogP contribution >= 0.6 is 0 Å². The Balaban J connectivity index is 0.00000114. The van der Waals surface area contributed by atoms with Gasteiger partial charge in [0.05, 0.1) is 18.7 Å². The monoisotopic (exact) mass is 434 g/mol. The van der Waals surface area contributed by atoms with Gasteiger partial charge >= 0.3 is 0 Å². The number of hydrogen-bond donors (Lipinski definition) is 4. The van der Waals surface area contributed by atoms with Crippen LogP contribution in [0.15, 0.2) is 54.6 Å². The molecule has 4 N–H and O–H groups in total. The largest absolute Gasteiger partial charge is 0.493 e. The van der Waals surface area contributed by atoms with Crippen LogP contribution in [-0.2, 0) is 0 Å². The fourth-order valence-corrected chi connectivity index (χ4v) is 2.67. The molecule has 0 atom stereocenters. The number of hydroxylamine groups is 1. The quantitative estimate of drug-likeness (QED) is 0.279. The molecule has 0 radical (unpaired) electrons. The third-order valence-electron chi connectivity index (χ3n) is 4.03. The Bertz CT molecular complexity index is 1120. The molecule has 8 heteroatoms. The topological polar surface area (TPSA) is 113 Å². The van der Waals surface area contributed by atoms with E-state index < -0.39 is 5.91 Å². The average molecular weight is 434 g/mol. The average Bonchev–Trinajstić information content (AvgIpc) is 2.82. The van der Waals surface area contributed by atoms with Crippen LogP contribution in [-0.4, -0.2) is 49.3 Å². The van der Waals surface area contributed by atoms with Gasteiger partial charge in [-0.25, -0.2) is 10.5 Å². The third-order valence-corrected chi connectivity index (χ3v) is 4.03. The zero-order valence-corrected chi connectivity index (χ0v) is 18.2. The smallest absolute Gasteiger partial charge is 0.274 e. The Labute approximate surface area is 187 Å². The minimum atomic E-state index is -0.592. The maximum absolute atomic E-state index is 12.4. The first kappa shape index (κ1) is 24.3. The predicted octanol–water partition coefficient (Wildman–Crippen LogP) is 2.37. The van der Waals surface area contributed by atoms with Crippen LogP contribution < -0.4 is 20.9 Å². The van der Waals surface area contributed by atoms with E-state index in [-0.39, 0.29) is 18.1 Å². The summed E-state index contributed by atoms with van der Waals surface area (Å²) >= 11 is 0. The number of para-hydroxylation sites is 1. The summed E-state index contributed by atoms with van der Waals surface area (Å²) < 4.78 is 5.64. The van der Waals surface area contributed by atoms with E-state index >= 15 is 0 Å². The van der Waals surface area contributed by atoms with Crippen LogP contribution in [0.3, 0.4) is 0 Å². The number of pyridine rings is 1. The lowest BCUT2D eigenvalue weighted by atomic mass is 10.1. The minimum Gasteiger partial charge on any atom is -0.493 e. The fraction of sp³-hybridized carbons (Fsp3) is 0.208. The lowest BCUT2D eigenvalue weighted by Gasteiger charge is -2.09. The van der Waals surface area contributed by atoms with Crippen molar-refractivity contribution in [3.05, 3.63) is 71.4 Å². The SMILES string of the molecule is CCOc1cc(C(=O)NCC#Cc2ccc(C(=O)NO)cc2)nc2ccccc12.CNC. The summed E-state index contributed by atoms with van der Waals surface area (Å²) in [6, 6.07) is 15.5. The molecule has 0 fully saturated rings. The van der Waals surface area contributed by atoms with E-state index in [0.29, 0.717) is 29.0 Å². The highest BCUT2D eigenvalue weighted by atomic mass is 16.5. The molecule has 0 aliphatic heterocycles. The summed E-state index contributed by atoms with van der Waals surface area (Å²) in [4.78, 5) is 28.1. The summed E-state index contributed by atoms with van der Waals surface area (Å²) in [6.07, 6.45) is 0. The van der Waals surface area contributed by atoms with Gasteiger partial charge in [0.1, 0.15) is 11.4 Å². The number of benzene rings is 2. The van der Waals surface area contributed by atoms with Crippen molar-refractivity contribution in [1.82, 2.24) is 21.1 Å². The molecule has 0 saturated heterocycles. The maximum Gasteiger partial charge on any atom is 0.274 e. The molecule has 0 bridgehead atoms. The van der Waals surface area contributed by atoms with Gasteiger partial charge in [0, 0.05) is 22.6 Å². The van der Waals surface area contributed by atoms with Crippen molar-refractivity contribution in [3.8, 4) is 17.6 Å². The summed E-state index contributed by atoms with van der Waals surface area (Å²) in [5.74, 6) is 5.42. The number of aromatic nitrogens is 1. The molecule has 0 unspecified atom stereocenters. The van der Waals surface area contributed by atoms with Crippen LogP contribution in [0.5, 0.6) is 5.75 Å². The standard InChI is InChI=1S/C22H19N3O4.C2H7N/c1-2-29-20-14-19(24-18-8-4-3-7-17(18)20)22(27)23-13-5-6-15-9-11-16(12-10-15)21(26)25-28;1-3-2/h3-4,7-12,14,28H,2,13H2,1H3,(H,23,27)(H,25,26);3H,1-2H3. The molecule has 1 heterocycles. The number of nitrogens with one attached hydrogen (secondary N) is 3. The molecule has 3 aromatic rings. The Morgan fingerprint density at radius 2 is 1.75 bits per heavy atom. The van der Waals surface area contributed by atoms with Crippen LogP contribution in [0.25, 0.3) is 10.9 Å². The third kappa shape index (κ3) is 6.80. The molecule has 0 aliphatic rings. The summed E-state index contributed by atoms with van der Waals surface area (Å²) in [5, 5.41) is 14.9. The molecule has 2 aromatic carbocycles. The number of fused-ring (bicyclic) bond motifs is 1. The Kier molecular flexibility index (Phi) is 9.66. The van der Waals surface area contributed by atoms with E-state index in [1.165, 1.54) is 0 Å². The number of ether oxygens (including phenoxy) is 1. The molecule has 0 saturated carbocycles. The van der Waals surface area contributed by atoms with Gasteiger partial charge in [0.25, 0.3) is 11.8 Å². The van der Waals surface area contributed by atoms with Gasteiger partial charge < -0.3 is 15.4 Å². The molecular formula is C24H26N4O4. The first-order valence-corrected chi connectivity index (χ1v) is 9.96. The molecule has 32 heavy (non-hydrogen) atoms. The second-order valence-electron chi connectivity index (χ2n) is 6.46. The van der Waals surface area contributed by atoms with Crippen molar-refractivity contribution in [3.63, 3.8) is 0 Å². The van der Waals surface area contributed by atoms with E-state index in [4.69, 9.17) is 9.94 Å². The van der Waals surface area contributed by atoms with E-state index in [2.05, 4.69) is 27.5 Å². The van der Waals surface area contributed by atoms with Crippen molar-refractivity contribution in [2.75, 3.05) is 27.2 Å². The van der Waals surface area contributed by atoms with Gasteiger partial charge in [-0.15, -0.1) is 0 Å². The highest BCUT2D eigenvalue weighted by Gasteiger charge is 2.12. The van der Waals surface area contributed by atoms with Gasteiger partial charge in [-0.05, 0) is 57.4 Å². The zero-order valence-electron chi connectivity index (χ0n) is 18.2. The summed E-state index contributed by atoms with van der Waals surface area (Å²) in [6.45, 7) is 2.50. The van der Waals surface area contributed by atoms with Crippen LogP contribution in [0, 0.1) is 11.8 Å². The summed E-state index contributed by atoms with van der Waals surface area (Å²) in [7, 11) is 3.75. The number of carbonyl (C=O) groups is 2. The number of carbonyl (C=O) groups excluding carboxylic acids is 2. The molecule has 8 nitrogen and oxygen atoms in total. The molecule has 1 aromatic heterocycles. The molecule has 0 spiro atoms. The Hall–Kier alpha value is -3.93. The van der Waals surface area contributed by atoms with Gasteiger partial charge in [0.2, 0.25) is 0 Å². The normalized spacial score (nSPS) is 9.62. The number of nitrogens with zero attached hydrogens (tertiary/aromatic N) is 1. The van der Waals surface area contributed by atoms with Crippen molar-refractivity contribution in [2.45, 2.75) is 6.92 Å². The molecular weight excluding hydrogens is 408 g/mol. The highest BCUT2D eigenvalue weighted by Crippen LogP contribution is 2.25. The second kappa shape index (κ2) is 12.7. The Morgan fingerprint density at radius 1 is 1.06 bits per heavy atom. The first-order valence-electron chi connectivity index (χ1n) is 9.96. The fourth-order valence-electron chi connectivity index (χ4n) is 2.67. The highest BCUT2D eigenvalue weighted by molar-refractivity contribution is 5.97. The van der Waals surface area contributed by atoms with E-state index in [9.17, 15) is 9.59 Å². The lowest BCUT2D eigenvalue weighted by Crippen LogP contribution is -2.24. The lowest BCUT2D eigenvalue weighted by molar-refractivity contribution is 0.0706. The second-order valence-corrected chi connectivity index (χ2v) is 6.46. The van der Waals surface area contributed by atoms with Gasteiger partial charge in [0.15, 0.2) is 0 Å². The maximum atomic E-state index is 12.4. The summed E-state index contributed by atoms with van der Waals surface area (Å²) in [5.41, 5.74) is 3.50. The van der Waals surface area contributed by atoms with Crippen LogP contribution in [0.4, 0.5) is 0 Å². The van der Waals surface area contributed by atoms with Gasteiger partial charge in [-0.2, -0.15) is 0 Å². The number of amides is 2. The zero-order chi connectivity index (χ0) is 23.3. The first-order chi connectivity index (χ1) is 15.5. The number of rotatable bonds is 5. The van der Waals surface area contributed by atoms with Crippen molar-refractivity contribution in [2.24, 2.45) is 0 Å². The van der Waals surface area contributed by atoms with E-state index in [1.54, 1.807) is 35.8 Å². The number of hydrogen-bond acceptors (Lipinski definition) is 6. The molecule has 2 amide bonds. The minimum absolute atomic E-state index is 0.135. The molecule has 3 rings (SSSR count). The Morgan fingerprint density at radius 3 is 2.41 bits per heavy atom. The van der Waals surface area contributed by atoms with E-state index in [1.807, 2.05) is 45.3 Å². The van der Waals surface area contributed by atoms with E-state index in [0.717, 1.165) is 5.39 Å². The predicted molar refractivity (Wildman–Crippen MR) is 123 cm³/mol. The van der Waals surface area contributed by atoms with Crippen molar-refractivity contribution >= 4 is 22.7 Å². The van der Waals surface area contributed by atoms with Crippen LogP contribution in [0.1, 0.15) is 33.3 Å². The van der Waals surface area contributed by atoms with Crippen molar-refractivity contribution < 1.29 is 19.5 Å². The van der Waals surface area contributed by atoms with Gasteiger partial charge in [-0.3, -0.25) is 14.8 Å². The molecule has 0 aliphatic carbocycles. The van der Waals surface area contributed by atoms with Gasteiger partial charge in [-0.1, -0.05) is 24.0 Å².